The van der Waals surface area contributed by atoms with Crippen LogP contribution in [0.3, 0.4) is 0 Å². The molecular weight excluding hydrogens is 222 g/mol. The lowest BCUT2D eigenvalue weighted by Gasteiger charge is -2.27. The first-order valence-corrected chi connectivity index (χ1v) is 5.07. The van der Waals surface area contributed by atoms with Crippen molar-refractivity contribution in [1.82, 2.24) is 5.32 Å². The maximum atomic E-state index is 11.8. The van der Waals surface area contributed by atoms with Gasteiger partial charge in [0, 0.05) is 6.92 Å². The Morgan fingerprint density at radius 2 is 1.82 bits per heavy atom. The topological polar surface area (TPSA) is 75.6 Å². The Hall–Kier alpha value is -2.04. The molecule has 1 aromatic rings. The number of carbonyl (C=O) groups excluding carboxylic acids is 2. The lowest BCUT2D eigenvalue weighted by molar-refractivity contribution is -0.150. The summed E-state index contributed by atoms with van der Waals surface area (Å²) in [7, 11) is 1.25. The van der Waals surface area contributed by atoms with E-state index in [2.05, 4.69) is 10.1 Å². The Bertz CT molecular complexity index is 427. The van der Waals surface area contributed by atoms with Gasteiger partial charge in [0.05, 0.1) is 7.11 Å². The van der Waals surface area contributed by atoms with Crippen molar-refractivity contribution in [3.63, 3.8) is 0 Å². The predicted octanol–water partition coefficient (Wildman–Crippen LogP) is 0.916. The summed E-state index contributed by atoms with van der Waals surface area (Å²) in [5.74, 6) is -0.826. The first-order chi connectivity index (χ1) is 7.90. The molecule has 0 aromatic heterocycles. The van der Waals surface area contributed by atoms with E-state index in [1.807, 2.05) is 0 Å². The van der Waals surface area contributed by atoms with Crippen molar-refractivity contribution in [3.8, 4) is 5.75 Å². The fourth-order valence-electron chi connectivity index (χ4n) is 1.59. The number of aromatic hydroxyl groups is 1. The summed E-state index contributed by atoms with van der Waals surface area (Å²) in [6, 6.07) is 6.00. The standard InChI is InChI=1S/C12H15NO4/c1-8(14)13-12(2,11(16)17-3)9-4-6-10(15)7-5-9/h4-7,15H,1-3H3,(H,13,14)/t12-/m1/s1. The molecular formula is C12H15NO4. The van der Waals surface area contributed by atoms with Gasteiger partial charge in [-0.2, -0.15) is 0 Å². The van der Waals surface area contributed by atoms with E-state index in [1.165, 1.54) is 26.2 Å². The van der Waals surface area contributed by atoms with Gasteiger partial charge in [0.15, 0.2) is 5.54 Å². The van der Waals surface area contributed by atoms with Crippen molar-refractivity contribution in [3.05, 3.63) is 29.8 Å². The number of benzene rings is 1. The molecule has 0 spiro atoms. The molecule has 5 nitrogen and oxygen atoms in total. The van der Waals surface area contributed by atoms with Crippen LogP contribution in [0.15, 0.2) is 24.3 Å². The number of hydrogen-bond donors (Lipinski definition) is 2. The Morgan fingerprint density at radius 1 is 1.29 bits per heavy atom. The predicted molar refractivity (Wildman–Crippen MR) is 61.3 cm³/mol. The van der Waals surface area contributed by atoms with Crippen LogP contribution < -0.4 is 5.32 Å². The zero-order valence-corrected chi connectivity index (χ0v) is 9.98. The normalized spacial score (nSPS) is 13.6. The van der Waals surface area contributed by atoms with Gasteiger partial charge < -0.3 is 15.2 Å². The summed E-state index contributed by atoms with van der Waals surface area (Å²) in [6.07, 6.45) is 0. The molecule has 0 unspecified atom stereocenters. The molecule has 5 heteroatoms. The molecule has 0 saturated carbocycles. The van der Waals surface area contributed by atoms with Crippen LogP contribution in [0, 0.1) is 0 Å². The highest BCUT2D eigenvalue weighted by Gasteiger charge is 2.37. The molecule has 92 valence electrons. The number of carbonyl (C=O) groups is 2. The van der Waals surface area contributed by atoms with E-state index in [1.54, 1.807) is 19.1 Å². The smallest absolute Gasteiger partial charge is 0.336 e. The van der Waals surface area contributed by atoms with E-state index in [9.17, 15) is 14.7 Å². The van der Waals surface area contributed by atoms with Crippen molar-refractivity contribution < 1.29 is 19.4 Å². The van der Waals surface area contributed by atoms with Gasteiger partial charge in [0.1, 0.15) is 5.75 Å². The first kappa shape index (κ1) is 13.0. The largest absolute Gasteiger partial charge is 0.508 e. The van der Waals surface area contributed by atoms with Crippen molar-refractivity contribution in [2.24, 2.45) is 0 Å². The van der Waals surface area contributed by atoms with E-state index in [0.717, 1.165) is 0 Å². The molecule has 1 amide bonds. The minimum Gasteiger partial charge on any atom is -0.508 e. The number of nitrogens with one attached hydrogen (secondary N) is 1. The van der Waals surface area contributed by atoms with Crippen molar-refractivity contribution in [1.29, 1.82) is 0 Å². The number of rotatable bonds is 3. The molecule has 1 aromatic carbocycles. The van der Waals surface area contributed by atoms with Crippen LogP contribution in [0.4, 0.5) is 0 Å². The molecule has 0 radical (unpaired) electrons. The highest BCUT2D eigenvalue weighted by Crippen LogP contribution is 2.24. The third-order valence-corrected chi connectivity index (χ3v) is 2.46. The first-order valence-electron chi connectivity index (χ1n) is 5.07. The van der Waals surface area contributed by atoms with E-state index in [-0.39, 0.29) is 11.7 Å². The van der Waals surface area contributed by atoms with Crippen LogP contribution in [0.5, 0.6) is 5.75 Å². The molecule has 1 rings (SSSR count). The second-order valence-corrected chi connectivity index (χ2v) is 3.84. The van der Waals surface area contributed by atoms with Gasteiger partial charge in [0.2, 0.25) is 5.91 Å². The number of hydrogen-bond acceptors (Lipinski definition) is 4. The summed E-state index contributed by atoms with van der Waals surface area (Å²) in [5.41, 5.74) is -0.716. The molecule has 0 aliphatic carbocycles. The monoisotopic (exact) mass is 237 g/mol. The molecule has 2 N–H and O–H groups in total. The van der Waals surface area contributed by atoms with Gasteiger partial charge in [-0.15, -0.1) is 0 Å². The number of methoxy groups -OCH3 is 1. The third kappa shape index (κ3) is 2.75. The number of phenols is 1. The Balaban J connectivity index is 3.18. The highest BCUT2D eigenvalue weighted by molar-refractivity contribution is 5.88. The Morgan fingerprint density at radius 3 is 2.24 bits per heavy atom. The van der Waals surface area contributed by atoms with Gasteiger partial charge in [0.25, 0.3) is 0 Å². The molecule has 0 aliphatic heterocycles. The van der Waals surface area contributed by atoms with Gasteiger partial charge in [-0.1, -0.05) is 12.1 Å². The maximum absolute atomic E-state index is 11.8. The second kappa shape index (κ2) is 4.86. The van der Waals surface area contributed by atoms with E-state index in [4.69, 9.17) is 0 Å². The van der Waals surface area contributed by atoms with E-state index >= 15 is 0 Å². The van der Waals surface area contributed by atoms with Crippen molar-refractivity contribution in [2.75, 3.05) is 7.11 Å². The fourth-order valence-corrected chi connectivity index (χ4v) is 1.59. The average Bonchev–Trinajstić information content (AvgIpc) is 2.27. The average molecular weight is 237 g/mol. The summed E-state index contributed by atoms with van der Waals surface area (Å²) in [6.45, 7) is 2.87. The summed E-state index contributed by atoms with van der Waals surface area (Å²) >= 11 is 0. The SMILES string of the molecule is COC(=O)[C@](C)(NC(C)=O)c1ccc(O)cc1. The lowest BCUT2D eigenvalue weighted by Crippen LogP contribution is -2.49. The molecule has 0 heterocycles. The number of esters is 1. The number of amides is 1. The van der Waals surface area contributed by atoms with Crippen LogP contribution in [0.1, 0.15) is 19.4 Å². The minimum atomic E-state index is -1.26. The maximum Gasteiger partial charge on any atom is 0.336 e. The summed E-state index contributed by atoms with van der Waals surface area (Å²) in [4.78, 5) is 22.9. The Labute approximate surface area is 99.4 Å². The molecule has 0 bridgehead atoms. The molecule has 1 atom stereocenters. The van der Waals surface area contributed by atoms with Crippen molar-refractivity contribution >= 4 is 11.9 Å². The second-order valence-electron chi connectivity index (χ2n) is 3.84. The highest BCUT2D eigenvalue weighted by atomic mass is 16.5. The van der Waals surface area contributed by atoms with E-state index < -0.39 is 11.5 Å². The van der Waals surface area contributed by atoms with Crippen LogP contribution in [-0.4, -0.2) is 24.1 Å². The molecule has 0 fully saturated rings. The quantitative estimate of drug-likeness (QED) is 0.766. The van der Waals surface area contributed by atoms with Gasteiger partial charge in [-0.3, -0.25) is 4.79 Å². The molecule has 17 heavy (non-hydrogen) atoms. The zero-order valence-electron chi connectivity index (χ0n) is 9.98. The van der Waals surface area contributed by atoms with Crippen molar-refractivity contribution in [2.45, 2.75) is 19.4 Å². The summed E-state index contributed by atoms with van der Waals surface area (Å²) in [5, 5.41) is 11.7. The number of phenolic OH excluding ortho intramolecular Hbond substituents is 1. The van der Waals surface area contributed by atoms with Gasteiger partial charge >= 0.3 is 5.97 Å². The fraction of sp³-hybridized carbons (Fsp3) is 0.333. The minimum absolute atomic E-state index is 0.0868. The van der Waals surface area contributed by atoms with Crippen LogP contribution in [0.2, 0.25) is 0 Å². The Kier molecular flexibility index (Phi) is 3.73. The number of ether oxygens (including phenoxy) is 1. The van der Waals surface area contributed by atoms with Gasteiger partial charge in [-0.25, -0.2) is 4.79 Å². The van der Waals surface area contributed by atoms with Crippen LogP contribution >= 0.6 is 0 Å². The van der Waals surface area contributed by atoms with Gasteiger partial charge in [-0.05, 0) is 24.6 Å². The molecule has 0 saturated heterocycles. The van der Waals surface area contributed by atoms with E-state index in [0.29, 0.717) is 5.56 Å². The zero-order chi connectivity index (χ0) is 13.1. The summed E-state index contributed by atoms with van der Waals surface area (Å²) < 4.78 is 4.68. The van der Waals surface area contributed by atoms with Crippen LogP contribution in [-0.2, 0) is 19.9 Å². The van der Waals surface area contributed by atoms with Crippen LogP contribution in [0.25, 0.3) is 0 Å². The lowest BCUT2D eigenvalue weighted by atomic mass is 9.92. The third-order valence-electron chi connectivity index (χ3n) is 2.46. The molecule has 0 aliphatic rings.